The van der Waals surface area contributed by atoms with Gasteiger partial charge in [-0.2, -0.15) is 0 Å². The van der Waals surface area contributed by atoms with Crippen LogP contribution in [-0.4, -0.2) is 4.57 Å². The van der Waals surface area contributed by atoms with E-state index in [-0.39, 0.29) is 0 Å². The van der Waals surface area contributed by atoms with E-state index >= 15 is 0 Å². The fourth-order valence-electron chi connectivity index (χ4n) is 4.01. The Morgan fingerprint density at radius 2 is 1.89 bits per heavy atom. The van der Waals surface area contributed by atoms with E-state index in [9.17, 15) is 0 Å². The minimum Gasteiger partial charge on any atom is -0.454 e. The number of nitrogens with zero attached hydrogens (tertiary/aromatic N) is 2. The minimum atomic E-state index is 0.503. The van der Waals surface area contributed by atoms with Crippen molar-refractivity contribution in [1.82, 2.24) is 4.57 Å². The van der Waals surface area contributed by atoms with Crippen LogP contribution in [-0.2, 0) is 0 Å². The molecule has 0 N–H and O–H groups in total. The number of rotatable bonds is 3. The van der Waals surface area contributed by atoms with Gasteiger partial charge >= 0.3 is 0 Å². The van der Waals surface area contributed by atoms with Crippen LogP contribution in [0.3, 0.4) is 0 Å². The SMILES string of the molecule is Cc1cccc(N=c2scc(-c3cc4ccccc4o3)n2C2CCCC2)c1. The van der Waals surface area contributed by atoms with E-state index in [0.717, 1.165) is 32.9 Å². The van der Waals surface area contributed by atoms with Crippen LogP contribution in [0, 0.1) is 6.92 Å². The largest absolute Gasteiger partial charge is 0.454 e. The summed E-state index contributed by atoms with van der Waals surface area (Å²) in [7, 11) is 0. The van der Waals surface area contributed by atoms with E-state index < -0.39 is 0 Å². The van der Waals surface area contributed by atoms with Crippen molar-refractivity contribution in [3.63, 3.8) is 0 Å². The topological polar surface area (TPSA) is 30.4 Å². The summed E-state index contributed by atoms with van der Waals surface area (Å²) in [6.45, 7) is 2.11. The van der Waals surface area contributed by atoms with Gasteiger partial charge in [-0.3, -0.25) is 0 Å². The van der Waals surface area contributed by atoms with E-state index in [1.165, 1.54) is 31.2 Å². The van der Waals surface area contributed by atoms with Crippen LogP contribution >= 0.6 is 11.3 Å². The van der Waals surface area contributed by atoms with Crippen molar-refractivity contribution in [2.45, 2.75) is 38.6 Å². The maximum absolute atomic E-state index is 6.18. The van der Waals surface area contributed by atoms with Crippen molar-refractivity contribution in [3.8, 4) is 11.5 Å². The zero-order chi connectivity index (χ0) is 18.2. The van der Waals surface area contributed by atoms with Crippen LogP contribution in [0.5, 0.6) is 0 Å². The molecule has 2 aromatic heterocycles. The summed E-state index contributed by atoms with van der Waals surface area (Å²) in [4.78, 5) is 6.04. The second-order valence-corrected chi connectivity index (χ2v) is 8.15. The lowest BCUT2D eigenvalue weighted by atomic mass is 10.2. The molecule has 0 amide bonds. The van der Waals surface area contributed by atoms with Crippen molar-refractivity contribution in [2.75, 3.05) is 0 Å². The normalized spacial score (nSPS) is 15.8. The van der Waals surface area contributed by atoms with Crippen LogP contribution in [0.2, 0.25) is 0 Å². The molecule has 0 spiro atoms. The standard InChI is InChI=1S/C23H22N2OS/c1-16-7-6-9-18(13-16)24-23-25(19-10-3-4-11-19)20(15-27-23)22-14-17-8-2-5-12-21(17)26-22/h2,5-9,12-15,19H,3-4,10-11H2,1H3. The second kappa shape index (κ2) is 6.86. The molecule has 4 heteroatoms. The molecule has 0 radical (unpaired) electrons. The second-order valence-electron chi connectivity index (χ2n) is 7.31. The van der Waals surface area contributed by atoms with Gasteiger partial charge in [-0.05, 0) is 49.6 Å². The van der Waals surface area contributed by atoms with Crippen LogP contribution < -0.4 is 4.80 Å². The molecule has 4 aromatic rings. The van der Waals surface area contributed by atoms with E-state index in [0.29, 0.717) is 6.04 Å². The smallest absolute Gasteiger partial charge is 0.190 e. The van der Waals surface area contributed by atoms with Gasteiger partial charge in [-0.25, -0.2) is 4.99 Å². The van der Waals surface area contributed by atoms with Gasteiger partial charge in [0.05, 0.1) is 11.4 Å². The van der Waals surface area contributed by atoms with Crippen LogP contribution in [0.1, 0.15) is 37.3 Å². The van der Waals surface area contributed by atoms with Crippen LogP contribution in [0.15, 0.2) is 69.4 Å². The van der Waals surface area contributed by atoms with E-state index in [2.05, 4.69) is 59.3 Å². The zero-order valence-electron chi connectivity index (χ0n) is 15.4. The Kier molecular flexibility index (Phi) is 4.21. The number of aryl methyl sites for hydroxylation is 1. The average Bonchev–Trinajstić information content (AvgIpc) is 3.40. The number of fused-ring (bicyclic) bond motifs is 1. The van der Waals surface area contributed by atoms with Crippen molar-refractivity contribution >= 4 is 28.0 Å². The molecule has 0 atom stereocenters. The van der Waals surface area contributed by atoms with E-state index in [1.54, 1.807) is 11.3 Å². The summed E-state index contributed by atoms with van der Waals surface area (Å²) in [6, 6.07) is 19.3. The van der Waals surface area contributed by atoms with Gasteiger partial charge in [0.25, 0.3) is 0 Å². The molecule has 1 fully saturated rings. The predicted molar refractivity (Wildman–Crippen MR) is 111 cm³/mol. The molecule has 0 unspecified atom stereocenters. The highest BCUT2D eigenvalue weighted by Crippen LogP contribution is 2.35. The molecule has 27 heavy (non-hydrogen) atoms. The van der Waals surface area contributed by atoms with Crippen LogP contribution in [0.4, 0.5) is 5.69 Å². The Labute approximate surface area is 162 Å². The molecule has 1 aliphatic rings. The summed E-state index contributed by atoms with van der Waals surface area (Å²) in [5.41, 5.74) is 4.33. The summed E-state index contributed by atoms with van der Waals surface area (Å²) in [5, 5.41) is 3.35. The molecule has 5 rings (SSSR count). The van der Waals surface area contributed by atoms with Crippen molar-refractivity contribution in [1.29, 1.82) is 0 Å². The van der Waals surface area contributed by atoms with E-state index in [4.69, 9.17) is 9.41 Å². The monoisotopic (exact) mass is 374 g/mol. The Morgan fingerprint density at radius 1 is 1.04 bits per heavy atom. The lowest BCUT2D eigenvalue weighted by Gasteiger charge is -2.14. The van der Waals surface area contributed by atoms with Gasteiger partial charge in [-0.1, -0.05) is 43.2 Å². The maximum atomic E-state index is 6.18. The Morgan fingerprint density at radius 3 is 2.70 bits per heavy atom. The van der Waals surface area contributed by atoms with Gasteiger partial charge in [0, 0.05) is 16.8 Å². The van der Waals surface area contributed by atoms with Crippen LogP contribution in [0.25, 0.3) is 22.4 Å². The first-order valence-corrected chi connectivity index (χ1v) is 10.5. The number of para-hydroxylation sites is 1. The van der Waals surface area contributed by atoms with Gasteiger partial charge < -0.3 is 8.98 Å². The molecule has 0 saturated heterocycles. The molecule has 0 aliphatic heterocycles. The molecular formula is C23H22N2OS. The Bertz CT molecular complexity index is 1130. The molecule has 1 aliphatic carbocycles. The first-order chi connectivity index (χ1) is 13.3. The fraction of sp³-hybridized carbons (Fsp3) is 0.261. The highest BCUT2D eigenvalue weighted by Gasteiger charge is 2.23. The third kappa shape index (κ3) is 3.15. The summed E-state index contributed by atoms with van der Waals surface area (Å²) in [6.07, 6.45) is 5.00. The first-order valence-electron chi connectivity index (χ1n) is 9.58. The maximum Gasteiger partial charge on any atom is 0.190 e. The molecule has 136 valence electrons. The lowest BCUT2D eigenvalue weighted by molar-refractivity contribution is 0.503. The van der Waals surface area contributed by atoms with Gasteiger partial charge in [0.15, 0.2) is 10.6 Å². The highest BCUT2D eigenvalue weighted by atomic mass is 32.1. The molecule has 0 bridgehead atoms. The third-order valence-electron chi connectivity index (χ3n) is 5.34. The molecule has 1 saturated carbocycles. The van der Waals surface area contributed by atoms with Crippen molar-refractivity contribution in [2.24, 2.45) is 4.99 Å². The first kappa shape index (κ1) is 16.6. The van der Waals surface area contributed by atoms with E-state index in [1.807, 2.05) is 12.1 Å². The Hall–Kier alpha value is -2.59. The van der Waals surface area contributed by atoms with Crippen molar-refractivity contribution in [3.05, 3.63) is 70.3 Å². The molecular weight excluding hydrogens is 352 g/mol. The van der Waals surface area contributed by atoms with Gasteiger partial charge in [0.2, 0.25) is 0 Å². The third-order valence-corrected chi connectivity index (χ3v) is 6.18. The Balaban J connectivity index is 1.68. The lowest BCUT2D eigenvalue weighted by Crippen LogP contribution is -2.19. The molecule has 2 aromatic carbocycles. The van der Waals surface area contributed by atoms with Gasteiger partial charge in [0.1, 0.15) is 5.58 Å². The number of aromatic nitrogens is 1. The predicted octanol–water partition coefficient (Wildman–Crippen LogP) is 6.62. The number of hydrogen-bond acceptors (Lipinski definition) is 3. The zero-order valence-corrected chi connectivity index (χ0v) is 16.2. The summed E-state index contributed by atoms with van der Waals surface area (Å²) >= 11 is 1.70. The minimum absolute atomic E-state index is 0.503. The number of benzene rings is 2. The molecule has 3 nitrogen and oxygen atoms in total. The number of furan rings is 1. The van der Waals surface area contributed by atoms with Gasteiger partial charge in [-0.15, -0.1) is 11.3 Å². The highest BCUT2D eigenvalue weighted by molar-refractivity contribution is 7.07. The molecule has 2 heterocycles. The quantitative estimate of drug-likeness (QED) is 0.396. The average molecular weight is 375 g/mol. The summed E-state index contributed by atoms with van der Waals surface area (Å²) < 4.78 is 8.60. The number of thiazole rings is 1. The van der Waals surface area contributed by atoms with Crippen molar-refractivity contribution < 1.29 is 4.42 Å². The summed E-state index contributed by atoms with van der Waals surface area (Å²) in [5.74, 6) is 0.935. The fourth-order valence-corrected chi connectivity index (χ4v) is 4.98. The number of hydrogen-bond donors (Lipinski definition) is 0.